The van der Waals surface area contributed by atoms with Crippen LogP contribution in [0.1, 0.15) is 67.2 Å². The van der Waals surface area contributed by atoms with Crippen LogP contribution in [-0.4, -0.2) is 72.0 Å². The van der Waals surface area contributed by atoms with Crippen LogP contribution in [0.3, 0.4) is 0 Å². The Morgan fingerprint density at radius 1 is 0.972 bits per heavy atom. The first kappa shape index (κ1) is 30.3. The number of hydrogen-bond acceptors (Lipinski definition) is 9. The third-order valence-electron chi connectivity index (χ3n) is 5.15. The van der Waals surface area contributed by atoms with Gasteiger partial charge in [-0.3, -0.25) is 20.3 Å². The van der Waals surface area contributed by atoms with E-state index in [9.17, 15) is 14.4 Å². The van der Waals surface area contributed by atoms with Crippen LogP contribution in [0.15, 0.2) is 14.8 Å². The van der Waals surface area contributed by atoms with E-state index in [1.165, 1.54) is 22.0 Å². The van der Waals surface area contributed by atoms with E-state index in [0.717, 1.165) is 17.9 Å². The number of ether oxygens (including phenoxy) is 2. The zero-order valence-corrected chi connectivity index (χ0v) is 24.2. The third kappa shape index (κ3) is 10.6. The molecule has 0 aromatic carbocycles. The van der Waals surface area contributed by atoms with E-state index in [4.69, 9.17) is 19.3 Å². The number of alkyl carbamates (subject to hydrolysis) is 2. The first-order valence-corrected chi connectivity index (χ1v) is 14.0. The Labute approximate surface area is 222 Å². The Hall–Kier alpha value is -1.92. The molecule has 1 saturated heterocycles. The molecule has 0 aromatic rings. The molecule has 2 N–H and O–H groups in total. The largest absolute Gasteiger partial charge is 0.444 e. The average Bonchev–Trinajstić information content (AvgIpc) is 3.12. The van der Waals surface area contributed by atoms with Gasteiger partial charge in [-0.15, -0.1) is 23.5 Å². The fourth-order valence-electron chi connectivity index (χ4n) is 3.63. The number of hydroxylamine groups is 2. The molecule has 3 amide bonds. The molecule has 10 nitrogen and oxygen atoms in total. The standard InChI is InChI=1S/C24H40N4O6S2/c1-23(2,3)33-21(30)26-20(27-22(31)34-24(4,5)6)25-17-13-16(19-35-10-9-11-36-19)12-15(17)14-18(29)28(7)32-8/h15,17H,9-14H2,1-8H3,(H2,25,26,27,30,31)/t15-,17+/m1/s1. The number of rotatable bonds is 4. The lowest BCUT2D eigenvalue weighted by Crippen LogP contribution is -2.48. The van der Waals surface area contributed by atoms with Gasteiger partial charge in [0.05, 0.1) is 13.2 Å². The van der Waals surface area contributed by atoms with Gasteiger partial charge in [0.25, 0.3) is 0 Å². The molecular weight excluding hydrogens is 504 g/mol. The van der Waals surface area contributed by atoms with Crippen LogP contribution in [0.5, 0.6) is 0 Å². The summed E-state index contributed by atoms with van der Waals surface area (Å²) in [7, 11) is 3.01. The van der Waals surface area contributed by atoms with Crippen LogP contribution in [0.4, 0.5) is 9.59 Å². The summed E-state index contributed by atoms with van der Waals surface area (Å²) in [5, 5.41) is 6.30. The van der Waals surface area contributed by atoms with Crippen molar-refractivity contribution in [2.75, 3.05) is 25.7 Å². The zero-order chi connectivity index (χ0) is 27.1. The number of hydrogen-bond donors (Lipinski definition) is 2. The molecule has 2 rings (SSSR count). The summed E-state index contributed by atoms with van der Waals surface area (Å²) in [5.74, 6) is 1.77. The van der Waals surface area contributed by atoms with Gasteiger partial charge in [0.15, 0.2) is 0 Å². The number of carbonyl (C=O) groups excluding carboxylic acids is 3. The third-order valence-corrected chi connectivity index (χ3v) is 7.94. The van der Waals surface area contributed by atoms with Crippen molar-refractivity contribution in [2.24, 2.45) is 10.9 Å². The van der Waals surface area contributed by atoms with Crippen molar-refractivity contribution >= 4 is 47.6 Å². The number of aliphatic imine (C=N–C) groups is 1. The van der Waals surface area contributed by atoms with Crippen molar-refractivity contribution < 1.29 is 28.7 Å². The molecule has 2 aliphatic rings. The maximum absolute atomic E-state index is 12.7. The van der Waals surface area contributed by atoms with Crippen LogP contribution >= 0.6 is 23.5 Å². The van der Waals surface area contributed by atoms with Gasteiger partial charge < -0.3 is 9.47 Å². The van der Waals surface area contributed by atoms with Crippen LogP contribution in [0.25, 0.3) is 0 Å². The van der Waals surface area contributed by atoms with Crippen LogP contribution < -0.4 is 10.6 Å². The SMILES string of the molecule is CON(C)C(=O)C[C@H]1CC(=C2SCCCS2)C[C@@H]1N=C(NC(=O)OC(C)(C)C)NC(=O)OC(C)(C)C. The highest BCUT2D eigenvalue weighted by Gasteiger charge is 2.36. The number of thioether (sulfide) groups is 2. The molecule has 1 heterocycles. The Bertz CT molecular complexity index is 839. The second-order valence-electron chi connectivity index (χ2n) is 10.7. The number of guanidine groups is 1. The molecule has 2 atom stereocenters. The molecule has 204 valence electrons. The van der Waals surface area contributed by atoms with Gasteiger partial charge in [0, 0.05) is 17.7 Å². The minimum Gasteiger partial charge on any atom is -0.444 e. The summed E-state index contributed by atoms with van der Waals surface area (Å²) in [6.07, 6.45) is 1.21. The molecule has 0 spiro atoms. The summed E-state index contributed by atoms with van der Waals surface area (Å²) in [5.41, 5.74) is -0.215. The Balaban J connectivity index is 2.34. The summed E-state index contributed by atoms with van der Waals surface area (Å²) in [6.45, 7) is 10.5. The van der Waals surface area contributed by atoms with Crippen molar-refractivity contribution in [3.8, 4) is 0 Å². The predicted octanol–water partition coefficient (Wildman–Crippen LogP) is 4.66. The van der Waals surface area contributed by atoms with E-state index in [0.29, 0.717) is 12.8 Å². The van der Waals surface area contributed by atoms with Gasteiger partial charge in [-0.05, 0) is 83.8 Å². The lowest BCUT2D eigenvalue weighted by Gasteiger charge is -2.23. The second kappa shape index (κ2) is 13.0. The maximum atomic E-state index is 12.7. The van der Waals surface area contributed by atoms with Crippen molar-refractivity contribution in [2.45, 2.75) is 84.5 Å². The van der Waals surface area contributed by atoms with Gasteiger partial charge in [0.1, 0.15) is 11.2 Å². The van der Waals surface area contributed by atoms with Crippen LogP contribution in [0, 0.1) is 5.92 Å². The number of amides is 3. The highest BCUT2D eigenvalue weighted by Crippen LogP contribution is 2.45. The minimum atomic E-state index is -0.751. The minimum absolute atomic E-state index is 0.0729. The zero-order valence-electron chi connectivity index (χ0n) is 22.6. The molecule has 1 aliphatic carbocycles. The second-order valence-corrected chi connectivity index (χ2v) is 13.2. The Kier molecular flexibility index (Phi) is 11.0. The van der Waals surface area contributed by atoms with Crippen LogP contribution in [-0.2, 0) is 19.1 Å². The highest BCUT2D eigenvalue weighted by molar-refractivity contribution is 8.22. The first-order valence-electron chi connectivity index (χ1n) is 12.0. The van der Waals surface area contributed by atoms with Crippen molar-refractivity contribution in [3.05, 3.63) is 9.81 Å². The summed E-state index contributed by atoms with van der Waals surface area (Å²) < 4.78 is 12.0. The Morgan fingerprint density at radius 3 is 1.97 bits per heavy atom. The average molecular weight is 545 g/mol. The predicted molar refractivity (Wildman–Crippen MR) is 144 cm³/mol. The lowest BCUT2D eigenvalue weighted by molar-refractivity contribution is -0.169. The molecule has 0 radical (unpaired) electrons. The molecule has 12 heteroatoms. The van der Waals surface area contributed by atoms with E-state index in [-0.39, 0.29) is 30.2 Å². The molecular formula is C24H40N4O6S2. The molecule has 0 bridgehead atoms. The van der Waals surface area contributed by atoms with Crippen molar-refractivity contribution in [3.63, 3.8) is 0 Å². The topological polar surface area (TPSA) is 119 Å². The van der Waals surface area contributed by atoms with E-state index in [1.807, 2.05) is 23.5 Å². The van der Waals surface area contributed by atoms with Gasteiger partial charge in [0.2, 0.25) is 11.9 Å². The number of nitrogens with zero attached hydrogens (tertiary/aromatic N) is 2. The molecule has 2 fully saturated rings. The van der Waals surface area contributed by atoms with Gasteiger partial charge in [-0.25, -0.2) is 19.6 Å². The van der Waals surface area contributed by atoms with E-state index >= 15 is 0 Å². The quantitative estimate of drug-likeness (QED) is 0.298. The smallest absolute Gasteiger partial charge is 0.414 e. The first-order chi connectivity index (χ1) is 16.7. The molecule has 36 heavy (non-hydrogen) atoms. The van der Waals surface area contributed by atoms with Crippen molar-refractivity contribution in [1.82, 2.24) is 15.7 Å². The fraction of sp³-hybridized carbons (Fsp3) is 0.750. The maximum Gasteiger partial charge on any atom is 0.414 e. The summed E-state index contributed by atoms with van der Waals surface area (Å²) in [6, 6.07) is -0.343. The van der Waals surface area contributed by atoms with E-state index in [1.54, 1.807) is 48.6 Å². The van der Waals surface area contributed by atoms with Gasteiger partial charge in [-0.1, -0.05) is 0 Å². The van der Waals surface area contributed by atoms with Crippen LogP contribution in [0.2, 0.25) is 0 Å². The monoisotopic (exact) mass is 544 g/mol. The fourth-order valence-corrected chi connectivity index (χ4v) is 6.34. The number of nitrogens with one attached hydrogen (secondary N) is 2. The van der Waals surface area contributed by atoms with E-state index < -0.39 is 23.4 Å². The number of carbonyl (C=O) groups is 3. The normalized spacial score (nSPS) is 20.4. The lowest BCUT2D eigenvalue weighted by atomic mass is 9.99. The molecule has 1 saturated carbocycles. The Morgan fingerprint density at radius 2 is 1.50 bits per heavy atom. The molecule has 0 unspecified atom stereocenters. The van der Waals surface area contributed by atoms with E-state index in [2.05, 4.69) is 10.6 Å². The molecule has 0 aromatic heterocycles. The van der Waals surface area contributed by atoms with Crippen molar-refractivity contribution in [1.29, 1.82) is 0 Å². The van der Waals surface area contributed by atoms with Gasteiger partial charge in [-0.2, -0.15) is 0 Å². The summed E-state index contributed by atoms with van der Waals surface area (Å²) >= 11 is 3.68. The molecule has 1 aliphatic heterocycles. The summed E-state index contributed by atoms with van der Waals surface area (Å²) in [4.78, 5) is 47.4. The highest BCUT2D eigenvalue weighted by atomic mass is 32.2. The van der Waals surface area contributed by atoms with Gasteiger partial charge >= 0.3 is 12.2 Å².